The van der Waals surface area contributed by atoms with Gasteiger partial charge in [-0.3, -0.25) is 20.0 Å². The van der Waals surface area contributed by atoms with E-state index in [0.717, 1.165) is 24.4 Å². The second-order valence-corrected chi connectivity index (χ2v) is 7.91. The quantitative estimate of drug-likeness (QED) is 0.254. The van der Waals surface area contributed by atoms with Crippen molar-refractivity contribution in [3.05, 3.63) is 59.7 Å². The summed E-state index contributed by atoms with van der Waals surface area (Å²) in [4.78, 5) is 27.6. The molecular formula is C22H18F7N5O3. The molecule has 2 heterocycles. The Hall–Kier alpha value is -4.17. The maximum atomic E-state index is 14.1. The minimum absolute atomic E-state index is 0.00583. The van der Waals surface area contributed by atoms with Crippen molar-refractivity contribution in [2.45, 2.75) is 19.5 Å². The molecule has 2 aromatic rings. The number of carbonyl (C=O) groups is 2. The van der Waals surface area contributed by atoms with E-state index < -0.39 is 53.2 Å². The van der Waals surface area contributed by atoms with Crippen LogP contribution in [0, 0.1) is 23.1 Å². The van der Waals surface area contributed by atoms with Gasteiger partial charge in [0.25, 0.3) is 0 Å². The molecule has 0 spiro atoms. The van der Waals surface area contributed by atoms with Gasteiger partial charge >= 0.3 is 12.5 Å². The van der Waals surface area contributed by atoms with E-state index in [1.807, 2.05) is 0 Å². The third-order valence-corrected chi connectivity index (χ3v) is 5.16. The zero-order valence-electron chi connectivity index (χ0n) is 18.7. The van der Waals surface area contributed by atoms with Crippen LogP contribution in [0.25, 0.3) is 5.70 Å². The molecule has 0 saturated carbocycles. The summed E-state index contributed by atoms with van der Waals surface area (Å²) in [6.07, 6.45) is -7.61. The van der Waals surface area contributed by atoms with Gasteiger partial charge in [0, 0.05) is 42.1 Å². The van der Waals surface area contributed by atoms with Crippen LogP contribution in [0.4, 0.5) is 36.4 Å². The topological polar surface area (TPSA) is 116 Å². The number of nitrogens with one attached hydrogen (secondary N) is 4. The molecular weight excluding hydrogens is 515 g/mol. The SMILES string of the molecule is C[C@H]1C(=O)NC[C@@H]1C(=O)NC(=N)/C=C(\Nc1cncc(C(F)(F)F)c1)c1cc(F)cc(OC(F)(F)F)c1. The molecule has 0 aliphatic carbocycles. The Bertz CT molecular complexity index is 1240. The number of halogens is 7. The zero-order chi connectivity index (χ0) is 27.5. The van der Waals surface area contributed by atoms with Crippen molar-refractivity contribution in [1.82, 2.24) is 15.6 Å². The van der Waals surface area contributed by atoms with Crippen LogP contribution < -0.4 is 20.7 Å². The highest BCUT2D eigenvalue weighted by molar-refractivity contribution is 6.08. The van der Waals surface area contributed by atoms with Crippen LogP contribution in [0.1, 0.15) is 18.1 Å². The predicted octanol–water partition coefficient (Wildman–Crippen LogP) is 4.07. The van der Waals surface area contributed by atoms with E-state index in [4.69, 9.17) is 5.41 Å². The number of rotatable bonds is 6. The normalized spacial score (nSPS) is 18.3. The van der Waals surface area contributed by atoms with Crippen LogP contribution in [0.5, 0.6) is 5.75 Å². The number of amidine groups is 1. The summed E-state index contributed by atoms with van der Waals surface area (Å²) in [5.74, 6) is -5.45. The molecule has 37 heavy (non-hydrogen) atoms. The lowest BCUT2D eigenvalue weighted by molar-refractivity contribution is -0.274. The molecule has 1 saturated heterocycles. The van der Waals surface area contributed by atoms with Crippen molar-refractivity contribution in [3.63, 3.8) is 0 Å². The van der Waals surface area contributed by atoms with Gasteiger partial charge in [0.2, 0.25) is 11.8 Å². The summed E-state index contributed by atoms with van der Waals surface area (Å²) in [6.45, 7) is 1.50. The first-order chi connectivity index (χ1) is 17.1. The number of hydrogen-bond acceptors (Lipinski definition) is 6. The van der Waals surface area contributed by atoms with Crippen LogP contribution in [-0.2, 0) is 15.8 Å². The summed E-state index contributed by atoms with van der Waals surface area (Å²) in [5.41, 5.74) is -2.19. The number of pyridine rings is 1. The fourth-order valence-electron chi connectivity index (χ4n) is 3.38. The van der Waals surface area contributed by atoms with Gasteiger partial charge in [0.1, 0.15) is 17.4 Å². The second kappa shape index (κ2) is 10.4. The molecule has 4 N–H and O–H groups in total. The van der Waals surface area contributed by atoms with E-state index in [2.05, 4.69) is 25.7 Å². The molecule has 1 aliphatic rings. The van der Waals surface area contributed by atoms with E-state index in [1.165, 1.54) is 6.92 Å². The highest BCUT2D eigenvalue weighted by Gasteiger charge is 2.36. The fraction of sp³-hybridized carbons (Fsp3) is 0.273. The summed E-state index contributed by atoms with van der Waals surface area (Å²) in [6, 6.07) is 2.53. The first-order valence-electron chi connectivity index (χ1n) is 10.4. The number of aromatic nitrogens is 1. The van der Waals surface area contributed by atoms with Crippen LogP contribution in [0.15, 0.2) is 42.7 Å². The van der Waals surface area contributed by atoms with Gasteiger partial charge in [0.15, 0.2) is 0 Å². The smallest absolute Gasteiger partial charge is 0.406 e. The first-order valence-corrected chi connectivity index (χ1v) is 10.4. The number of nitrogens with zero attached hydrogens (tertiary/aromatic N) is 1. The highest BCUT2D eigenvalue weighted by Crippen LogP contribution is 2.32. The van der Waals surface area contributed by atoms with Gasteiger partial charge in [-0.15, -0.1) is 13.2 Å². The van der Waals surface area contributed by atoms with E-state index in [0.29, 0.717) is 18.3 Å². The van der Waals surface area contributed by atoms with Crippen molar-refractivity contribution in [1.29, 1.82) is 5.41 Å². The van der Waals surface area contributed by atoms with Crippen LogP contribution in [0.3, 0.4) is 0 Å². The number of amides is 2. The molecule has 1 aliphatic heterocycles. The Morgan fingerprint density at radius 1 is 1.16 bits per heavy atom. The minimum Gasteiger partial charge on any atom is -0.406 e. The van der Waals surface area contributed by atoms with E-state index >= 15 is 0 Å². The molecule has 1 aromatic carbocycles. The molecule has 2 atom stereocenters. The third kappa shape index (κ3) is 7.41. The number of alkyl halides is 6. The Morgan fingerprint density at radius 3 is 2.46 bits per heavy atom. The monoisotopic (exact) mass is 533 g/mol. The standard InChI is InChI=1S/C22H18F7N5O3/c1-10-16(9-32-19(10)35)20(36)34-18(30)6-17(33-14-4-12(7-31-8-14)21(24,25)26)11-2-13(23)5-15(3-11)37-22(27,28)29/h2-8,10,16,33H,9H2,1H3,(H,32,35)(H2,30,34,36)/b17-6-/t10-,16+/m1/s1. The number of benzene rings is 1. The van der Waals surface area contributed by atoms with Crippen molar-refractivity contribution in [2.75, 3.05) is 11.9 Å². The van der Waals surface area contributed by atoms with Crippen LogP contribution in [-0.4, -0.2) is 35.5 Å². The summed E-state index contributed by atoms with van der Waals surface area (Å²) in [7, 11) is 0. The van der Waals surface area contributed by atoms with Crippen molar-refractivity contribution in [3.8, 4) is 5.75 Å². The van der Waals surface area contributed by atoms with Gasteiger partial charge in [-0.25, -0.2) is 4.39 Å². The third-order valence-electron chi connectivity index (χ3n) is 5.16. The van der Waals surface area contributed by atoms with Gasteiger partial charge < -0.3 is 20.7 Å². The summed E-state index contributed by atoms with van der Waals surface area (Å²) >= 11 is 0. The molecule has 0 bridgehead atoms. The Balaban J connectivity index is 1.97. The lowest BCUT2D eigenvalue weighted by atomic mass is 9.97. The van der Waals surface area contributed by atoms with Crippen LogP contribution in [0.2, 0.25) is 0 Å². The average Bonchev–Trinajstić information content (AvgIpc) is 3.09. The van der Waals surface area contributed by atoms with Crippen molar-refractivity contribution >= 4 is 29.0 Å². The number of carbonyl (C=O) groups excluding carboxylic acids is 2. The number of anilines is 1. The maximum Gasteiger partial charge on any atom is 0.573 e. The average molecular weight is 533 g/mol. The van der Waals surface area contributed by atoms with Gasteiger partial charge in [-0.1, -0.05) is 6.92 Å². The molecule has 15 heteroatoms. The molecule has 8 nitrogen and oxygen atoms in total. The summed E-state index contributed by atoms with van der Waals surface area (Å²) in [5, 5.41) is 15.2. The van der Waals surface area contributed by atoms with Crippen LogP contribution >= 0.6 is 0 Å². The predicted molar refractivity (Wildman–Crippen MR) is 115 cm³/mol. The molecule has 198 valence electrons. The van der Waals surface area contributed by atoms with Crippen molar-refractivity contribution < 1.29 is 45.1 Å². The number of ether oxygens (including phenoxy) is 1. The lowest BCUT2D eigenvalue weighted by Gasteiger charge is -2.16. The Morgan fingerprint density at radius 2 is 1.86 bits per heavy atom. The molecule has 0 unspecified atom stereocenters. The zero-order valence-corrected chi connectivity index (χ0v) is 18.7. The first kappa shape index (κ1) is 27.4. The largest absolute Gasteiger partial charge is 0.573 e. The minimum atomic E-state index is -5.17. The van der Waals surface area contributed by atoms with Gasteiger partial charge in [0.05, 0.1) is 23.4 Å². The summed E-state index contributed by atoms with van der Waals surface area (Å²) < 4.78 is 95.1. The molecule has 0 radical (unpaired) electrons. The second-order valence-electron chi connectivity index (χ2n) is 7.91. The lowest BCUT2D eigenvalue weighted by Crippen LogP contribution is -2.37. The van der Waals surface area contributed by atoms with Gasteiger partial charge in [-0.2, -0.15) is 13.2 Å². The van der Waals surface area contributed by atoms with Crippen molar-refractivity contribution in [2.24, 2.45) is 11.8 Å². The maximum absolute atomic E-state index is 14.1. The fourth-order valence-corrected chi connectivity index (χ4v) is 3.38. The van der Waals surface area contributed by atoms with E-state index in [1.54, 1.807) is 0 Å². The molecule has 1 aromatic heterocycles. The van der Waals surface area contributed by atoms with E-state index in [-0.39, 0.29) is 29.4 Å². The Labute approximate surface area is 204 Å². The highest BCUT2D eigenvalue weighted by atomic mass is 19.4. The molecule has 2 amide bonds. The van der Waals surface area contributed by atoms with Gasteiger partial charge in [-0.05, 0) is 18.2 Å². The molecule has 1 fully saturated rings. The Kier molecular flexibility index (Phi) is 7.74. The number of hydrogen-bond donors (Lipinski definition) is 4. The molecule has 3 rings (SSSR count). The van der Waals surface area contributed by atoms with E-state index in [9.17, 15) is 40.3 Å².